The zero-order valence-electron chi connectivity index (χ0n) is 15.7. The second-order valence-electron chi connectivity index (χ2n) is 6.59. The van der Waals surface area contributed by atoms with Gasteiger partial charge >= 0.3 is 5.69 Å². The van der Waals surface area contributed by atoms with E-state index in [1.54, 1.807) is 24.3 Å². The van der Waals surface area contributed by atoms with Crippen molar-refractivity contribution in [2.24, 2.45) is 0 Å². The first-order chi connectivity index (χ1) is 14.0. The fourth-order valence-corrected chi connectivity index (χ4v) is 3.34. The van der Waals surface area contributed by atoms with E-state index in [-0.39, 0.29) is 17.3 Å². The molecule has 0 aliphatic carbocycles. The van der Waals surface area contributed by atoms with Gasteiger partial charge in [-0.3, -0.25) is 25.8 Å². The van der Waals surface area contributed by atoms with Crippen molar-refractivity contribution < 1.29 is 9.72 Å². The molecule has 1 fully saturated rings. The van der Waals surface area contributed by atoms with Crippen LogP contribution in [0.25, 0.3) is 0 Å². The highest BCUT2D eigenvalue weighted by molar-refractivity contribution is 9.10. The molecule has 1 aliphatic rings. The number of anilines is 2. The van der Waals surface area contributed by atoms with Crippen molar-refractivity contribution >= 4 is 39.2 Å². The SMILES string of the molecule is O=C(NNc1ncnc(NCCN2CCCCC2)c1[N+](=O)[O-])c1ccc(Br)cc1. The number of nitrogens with zero attached hydrogens (tertiary/aromatic N) is 4. The highest BCUT2D eigenvalue weighted by atomic mass is 79.9. The van der Waals surface area contributed by atoms with Crippen LogP contribution >= 0.6 is 15.9 Å². The number of benzene rings is 1. The summed E-state index contributed by atoms with van der Waals surface area (Å²) in [6, 6.07) is 6.71. The number of nitro groups is 1. The smallest absolute Gasteiger partial charge is 0.354 e. The van der Waals surface area contributed by atoms with Crippen molar-refractivity contribution in [3.8, 4) is 0 Å². The summed E-state index contributed by atoms with van der Waals surface area (Å²) in [5.74, 6) is -0.414. The van der Waals surface area contributed by atoms with E-state index in [2.05, 4.69) is 47.0 Å². The number of hydrogen-bond acceptors (Lipinski definition) is 8. The third-order valence-corrected chi connectivity index (χ3v) is 5.10. The average Bonchev–Trinajstić information content (AvgIpc) is 2.73. The Labute approximate surface area is 176 Å². The number of nitrogens with one attached hydrogen (secondary N) is 3. The first-order valence-corrected chi connectivity index (χ1v) is 10.1. The summed E-state index contributed by atoms with van der Waals surface area (Å²) < 4.78 is 0.841. The van der Waals surface area contributed by atoms with E-state index in [1.165, 1.54) is 25.6 Å². The zero-order chi connectivity index (χ0) is 20.6. The zero-order valence-corrected chi connectivity index (χ0v) is 17.3. The highest BCUT2D eigenvalue weighted by Crippen LogP contribution is 2.28. The molecule has 0 bridgehead atoms. The van der Waals surface area contributed by atoms with E-state index in [1.807, 2.05) is 0 Å². The molecular formula is C18H22BrN7O3. The number of carbonyl (C=O) groups excluding carboxylic acids is 1. The van der Waals surface area contributed by atoms with Crippen molar-refractivity contribution in [1.29, 1.82) is 0 Å². The molecule has 11 heteroatoms. The van der Waals surface area contributed by atoms with Gasteiger partial charge in [-0.25, -0.2) is 9.97 Å². The maximum atomic E-state index is 12.2. The second-order valence-corrected chi connectivity index (χ2v) is 7.51. The number of amides is 1. The van der Waals surface area contributed by atoms with Gasteiger partial charge in [0, 0.05) is 23.1 Å². The number of hydrogen-bond donors (Lipinski definition) is 3. The van der Waals surface area contributed by atoms with Crippen molar-refractivity contribution in [2.75, 3.05) is 36.9 Å². The van der Waals surface area contributed by atoms with Crippen molar-refractivity contribution in [3.05, 3.63) is 50.7 Å². The van der Waals surface area contributed by atoms with Crippen molar-refractivity contribution in [2.45, 2.75) is 19.3 Å². The lowest BCUT2D eigenvalue weighted by Crippen LogP contribution is -2.34. The van der Waals surface area contributed by atoms with E-state index in [9.17, 15) is 14.9 Å². The van der Waals surface area contributed by atoms with Gasteiger partial charge in [0.05, 0.1) is 4.92 Å². The van der Waals surface area contributed by atoms with Crippen LogP contribution in [-0.4, -0.2) is 51.9 Å². The summed E-state index contributed by atoms with van der Waals surface area (Å²) in [7, 11) is 0. The van der Waals surface area contributed by atoms with Crippen LogP contribution < -0.4 is 16.2 Å². The molecule has 3 N–H and O–H groups in total. The molecule has 2 aromatic rings. The number of likely N-dealkylation sites (tertiary alicyclic amines) is 1. The predicted octanol–water partition coefficient (Wildman–Crippen LogP) is 2.80. The monoisotopic (exact) mass is 463 g/mol. The Morgan fingerprint density at radius 1 is 1.14 bits per heavy atom. The molecule has 0 saturated carbocycles. The molecule has 2 heterocycles. The minimum absolute atomic E-state index is 0.0871. The molecule has 3 rings (SSSR count). The van der Waals surface area contributed by atoms with Crippen LogP contribution in [0.2, 0.25) is 0 Å². The molecule has 0 radical (unpaired) electrons. The molecule has 1 aliphatic heterocycles. The lowest BCUT2D eigenvalue weighted by atomic mass is 10.1. The second kappa shape index (κ2) is 10.1. The molecule has 10 nitrogen and oxygen atoms in total. The molecule has 0 spiro atoms. The molecule has 1 amide bonds. The number of hydrazine groups is 1. The third-order valence-electron chi connectivity index (χ3n) is 4.57. The maximum Gasteiger partial charge on any atom is 0.354 e. The summed E-state index contributed by atoms with van der Waals surface area (Å²) in [6.45, 7) is 3.40. The largest absolute Gasteiger partial charge is 0.363 e. The van der Waals surface area contributed by atoms with Crippen LogP contribution in [0, 0.1) is 10.1 Å². The minimum Gasteiger partial charge on any atom is -0.363 e. The summed E-state index contributed by atoms with van der Waals surface area (Å²) in [5.41, 5.74) is 5.05. The molecule has 0 unspecified atom stereocenters. The molecule has 29 heavy (non-hydrogen) atoms. The summed E-state index contributed by atoms with van der Waals surface area (Å²) in [6.07, 6.45) is 4.83. The lowest BCUT2D eigenvalue weighted by Gasteiger charge is -2.26. The Hall–Kier alpha value is -2.79. The fourth-order valence-electron chi connectivity index (χ4n) is 3.08. The van der Waals surface area contributed by atoms with Gasteiger partial charge in [-0.2, -0.15) is 0 Å². The van der Waals surface area contributed by atoms with Crippen LogP contribution in [-0.2, 0) is 0 Å². The van der Waals surface area contributed by atoms with Crippen LogP contribution in [0.15, 0.2) is 35.1 Å². The van der Waals surface area contributed by atoms with Crippen molar-refractivity contribution in [3.63, 3.8) is 0 Å². The Balaban J connectivity index is 1.63. The van der Waals surface area contributed by atoms with Crippen LogP contribution in [0.5, 0.6) is 0 Å². The van der Waals surface area contributed by atoms with E-state index in [0.717, 1.165) is 24.1 Å². The molecule has 1 saturated heterocycles. The third kappa shape index (κ3) is 5.84. The topological polar surface area (TPSA) is 125 Å². The fraction of sp³-hybridized carbons (Fsp3) is 0.389. The summed E-state index contributed by atoms with van der Waals surface area (Å²) >= 11 is 3.30. The normalized spacial score (nSPS) is 14.2. The van der Waals surface area contributed by atoms with Gasteiger partial charge in [0.1, 0.15) is 6.33 Å². The Morgan fingerprint density at radius 3 is 2.52 bits per heavy atom. The number of halogens is 1. The van der Waals surface area contributed by atoms with Gasteiger partial charge in [0.15, 0.2) is 0 Å². The first-order valence-electron chi connectivity index (χ1n) is 9.32. The highest BCUT2D eigenvalue weighted by Gasteiger charge is 2.23. The number of piperidine rings is 1. The lowest BCUT2D eigenvalue weighted by molar-refractivity contribution is -0.383. The van der Waals surface area contributed by atoms with E-state index >= 15 is 0 Å². The maximum absolute atomic E-state index is 12.2. The van der Waals surface area contributed by atoms with Gasteiger partial charge in [-0.05, 0) is 50.2 Å². The standard InChI is InChI=1S/C18H22BrN7O3/c19-14-6-4-13(5-7-14)18(27)24-23-17-15(26(28)29)16(21-12-22-17)20-8-11-25-9-2-1-3-10-25/h4-7,12H,1-3,8-11H2,(H,24,27)(H2,20,21,22,23). The molecule has 1 aromatic carbocycles. The number of rotatable bonds is 8. The Kier molecular flexibility index (Phi) is 7.30. The number of aromatic nitrogens is 2. The van der Waals surface area contributed by atoms with Crippen LogP contribution in [0.1, 0.15) is 29.6 Å². The van der Waals surface area contributed by atoms with Gasteiger partial charge in [0.2, 0.25) is 11.6 Å². The van der Waals surface area contributed by atoms with Crippen LogP contribution in [0.4, 0.5) is 17.3 Å². The van der Waals surface area contributed by atoms with E-state index < -0.39 is 10.8 Å². The van der Waals surface area contributed by atoms with Gasteiger partial charge in [-0.1, -0.05) is 22.4 Å². The summed E-state index contributed by atoms with van der Waals surface area (Å²) in [4.78, 5) is 33.4. The molecule has 0 atom stereocenters. The molecule has 154 valence electrons. The minimum atomic E-state index is -0.572. The average molecular weight is 464 g/mol. The van der Waals surface area contributed by atoms with Crippen molar-refractivity contribution in [1.82, 2.24) is 20.3 Å². The first kappa shape index (κ1) is 20.9. The Bertz CT molecular complexity index is 857. The van der Waals surface area contributed by atoms with Crippen LogP contribution in [0.3, 0.4) is 0 Å². The molecular weight excluding hydrogens is 442 g/mol. The van der Waals surface area contributed by atoms with Gasteiger partial charge in [-0.15, -0.1) is 0 Å². The molecule has 1 aromatic heterocycles. The summed E-state index contributed by atoms with van der Waals surface area (Å²) in [5, 5.41) is 14.6. The predicted molar refractivity (Wildman–Crippen MR) is 113 cm³/mol. The van der Waals surface area contributed by atoms with Gasteiger partial charge < -0.3 is 10.2 Å². The quantitative estimate of drug-likeness (QED) is 0.402. The Morgan fingerprint density at radius 2 is 1.83 bits per heavy atom. The van der Waals surface area contributed by atoms with E-state index in [0.29, 0.717) is 12.1 Å². The number of carbonyl (C=O) groups is 1. The van der Waals surface area contributed by atoms with E-state index in [4.69, 9.17) is 0 Å². The van der Waals surface area contributed by atoms with Gasteiger partial charge in [0.25, 0.3) is 5.91 Å².